The molecular formula is C17H21ClN2O. The number of pyridine rings is 1. The molecule has 0 bridgehead atoms. The van der Waals surface area contributed by atoms with Gasteiger partial charge in [-0.3, -0.25) is 0 Å². The van der Waals surface area contributed by atoms with Crippen molar-refractivity contribution in [2.24, 2.45) is 0 Å². The van der Waals surface area contributed by atoms with E-state index in [0.717, 1.165) is 40.7 Å². The average molecular weight is 305 g/mol. The van der Waals surface area contributed by atoms with E-state index in [1.54, 1.807) is 0 Å². The second-order valence-corrected chi connectivity index (χ2v) is 5.59. The number of ether oxygens (including phenoxy) is 1. The second kappa shape index (κ2) is 6.92. The summed E-state index contributed by atoms with van der Waals surface area (Å²) in [6.45, 7) is 9.76. The Hall–Kier alpha value is -1.58. The Labute approximate surface area is 131 Å². The fraction of sp³-hybridized carbons (Fsp3) is 0.353. The first-order valence-electron chi connectivity index (χ1n) is 7.12. The number of benzene rings is 1. The van der Waals surface area contributed by atoms with E-state index in [1.165, 1.54) is 5.56 Å². The Bertz CT molecular complexity index is 618. The van der Waals surface area contributed by atoms with Crippen LogP contribution < -0.4 is 10.1 Å². The first-order valence-corrected chi connectivity index (χ1v) is 7.50. The van der Waals surface area contributed by atoms with E-state index in [-0.39, 0.29) is 0 Å². The van der Waals surface area contributed by atoms with Gasteiger partial charge >= 0.3 is 0 Å². The van der Waals surface area contributed by atoms with Gasteiger partial charge in [0.1, 0.15) is 5.75 Å². The van der Waals surface area contributed by atoms with Gasteiger partial charge in [0.25, 0.3) is 0 Å². The molecule has 0 saturated heterocycles. The smallest absolute Gasteiger partial charge is 0.219 e. The summed E-state index contributed by atoms with van der Waals surface area (Å²) in [5.41, 5.74) is 4.13. The molecule has 0 aliphatic heterocycles. The van der Waals surface area contributed by atoms with E-state index in [0.29, 0.717) is 5.88 Å². The maximum absolute atomic E-state index is 6.18. The number of nitrogens with zero attached hydrogens (tertiary/aromatic N) is 1. The SMILES string of the molecule is CCNCc1cc(C)nc(Oc2cc(C)c(Cl)c(C)c2)c1. The molecule has 1 heterocycles. The van der Waals surface area contributed by atoms with Crippen molar-refractivity contribution in [2.45, 2.75) is 34.2 Å². The number of hydrogen-bond donors (Lipinski definition) is 1. The first kappa shape index (κ1) is 15.8. The fourth-order valence-corrected chi connectivity index (χ4v) is 2.33. The van der Waals surface area contributed by atoms with Gasteiger partial charge in [0.15, 0.2) is 0 Å². The Morgan fingerprint density at radius 1 is 1.10 bits per heavy atom. The van der Waals surface area contributed by atoms with E-state index < -0.39 is 0 Å². The zero-order valence-electron chi connectivity index (χ0n) is 13.0. The molecule has 1 aromatic carbocycles. The van der Waals surface area contributed by atoms with Crippen LogP contribution in [0.5, 0.6) is 11.6 Å². The molecule has 0 aliphatic carbocycles. The summed E-state index contributed by atoms with van der Waals surface area (Å²) in [7, 11) is 0. The topological polar surface area (TPSA) is 34.2 Å². The summed E-state index contributed by atoms with van der Waals surface area (Å²) in [6.07, 6.45) is 0. The van der Waals surface area contributed by atoms with E-state index in [4.69, 9.17) is 16.3 Å². The Morgan fingerprint density at radius 2 is 1.76 bits per heavy atom. The summed E-state index contributed by atoms with van der Waals surface area (Å²) in [6, 6.07) is 7.90. The number of nitrogens with one attached hydrogen (secondary N) is 1. The van der Waals surface area contributed by atoms with Crippen LogP contribution in [0.3, 0.4) is 0 Å². The quantitative estimate of drug-likeness (QED) is 0.879. The molecule has 21 heavy (non-hydrogen) atoms. The summed E-state index contributed by atoms with van der Waals surface area (Å²) in [4.78, 5) is 4.44. The highest BCUT2D eigenvalue weighted by Crippen LogP contribution is 2.29. The summed E-state index contributed by atoms with van der Waals surface area (Å²) in [5.74, 6) is 1.38. The molecule has 1 aromatic heterocycles. The van der Waals surface area contributed by atoms with Gasteiger partial charge in [-0.1, -0.05) is 18.5 Å². The van der Waals surface area contributed by atoms with Crippen LogP contribution in [0.4, 0.5) is 0 Å². The van der Waals surface area contributed by atoms with E-state index in [9.17, 15) is 0 Å². The van der Waals surface area contributed by atoms with Crippen molar-refractivity contribution in [3.63, 3.8) is 0 Å². The van der Waals surface area contributed by atoms with Gasteiger partial charge in [-0.25, -0.2) is 4.98 Å². The van der Waals surface area contributed by atoms with E-state index in [2.05, 4.69) is 23.3 Å². The minimum Gasteiger partial charge on any atom is -0.439 e. The molecule has 2 rings (SSSR count). The van der Waals surface area contributed by atoms with Gasteiger partial charge < -0.3 is 10.1 Å². The van der Waals surface area contributed by atoms with Crippen LogP contribution in [-0.2, 0) is 6.54 Å². The van der Waals surface area contributed by atoms with Crippen molar-refractivity contribution >= 4 is 11.6 Å². The average Bonchev–Trinajstić information content (AvgIpc) is 2.42. The normalized spacial score (nSPS) is 10.7. The lowest BCUT2D eigenvalue weighted by Gasteiger charge is -2.11. The van der Waals surface area contributed by atoms with Gasteiger partial charge in [0, 0.05) is 23.3 Å². The number of aromatic nitrogens is 1. The Balaban J connectivity index is 2.24. The van der Waals surface area contributed by atoms with Gasteiger partial charge in [0.05, 0.1) is 0 Å². The third kappa shape index (κ3) is 4.19. The number of rotatable bonds is 5. The maximum Gasteiger partial charge on any atom is 0.219 e. The highest BCUT2D eigenvalue weighted by molar-refractivity contribution is 6.32. The minimum absolute atomic E-state index is 0.615. The molecular weight excluding hydrogens is 284 g/mol. The molecule has 0 saturated carbocycles. The van der Waals surface area contributed by atoms with Crippen LogP contribution in [0, 0.1) is 20.8 Å². The van der Waals surface area contributed by atoms with Crippen LogP contribution in [-0.4, -0.2) is 11.5 Å². The molecule has 2 aromatic rings. The molecule has 0 fully saturated rings. The van der Waals surface area contributed by atoms with Gasteiger partial charge in [-0.15, -0.1) is 0 Å². The van der Waals surface area contributed by atoms with Gasteiger partial charge in [0.2, 0.25) is 5.88 Å². The van der Waals surface area contributed by atoms with Crippen LogP contribution >= 0.6 is 11.6 Å². The molecule has 0 unspecified atom stereocenters. The van der Waals surface area contributed by atoms with Gasteiger partial charge in [-0.05, 0) is 62.2 Å². The highest BCUT2D eigenvalue weighted by Gasteiger charge is 2.07. The van der Waals surface area contributed by atoms with Crippen molar-refractivity contribution in [1.29, 1.82) is 0 Å². The van der Waals surface area contributed by atoms with Crippen molar-refractivity contribution in [3.8, 4) is 11.6 Å². The lowest BCUT2D eigenvalue weighted by molar-refractivity contribution is 0.459. The third-order valence-electron chi connectivity index (χ3n) is 3.20. The second-order valence-electron chi connectivity index (χ2n) is 5.21. The van der Waals surface area contributed by atoms with Crippen molar-refractivity contribution < 1.29 is 4.74 Å². The minimum atomic E-state index is 0.615. The monoisotopic (exact) mass is 304 g/mol. The van der Waals surface area contributed by atoms with Crippen LogP contribution in [0.25, 0.3) is 0 Å². The predicted molar refractivity (Wildman–Crippen MR) is 87.4 cm³/mol. The summed E-state index contributed by atoms with van der Waals surface area (Å²) < 4.78 is 5.90. The largest absolute Gasteiger partial charge is 0.439 e. The summed E-state index contributed by atoms with van der Waals surface area (Å²) in [5, 5.41) is 4.09. The Morgan fingerprint density at radius 3 is 2.38 bits per heavy atom. The molecule has 0 radical (unpaired) electrons. The highest BCUT2D eigenvalue weighted by atomic mass is 35.5. The molecule has 0 spiro atoms. The predicted octanol–water partition coefficient (Wildman–Crippen LogP) is 4.56. The maximum atomic E-state index is 6.18. The molecule has 3 nitrogen and oxygen atoms in total. The zero-order valence-corrected chi connectivity index (χ0v) is 13.7. The number of aryl methyl sites for hydroxylation is 3. The molecule has 0 amide bonds. The fourth-order valence-electron chi connectivity index (χ4n) is 2.22. The lowest BCUT2D eigenvalue weighted by atomic mass is 10.1. The Kier molecular flexibility index (Phi) is 5.21. The molecule has 1 N–H and O–H groups in total. The van der Waals surface area contributed by atoms with E-state index >= 15 is 0 Å². The lowest BCUT2D eigenvalue weighted by Crippen LogP contribution is -2.12. The standard InChI is InChI=1S/C17H21ClN2O/c1-5-19-10-14-8-13(4)20-16(9-14)21-15-6-11(2)17(18)12(3)7-15/h6-9,19H,5,10H2,1-4H3. The zero-order chi connectivity index (χ0) is 15.4. The van der Waals surface area contributed by atoms with Crippen LogP contribution in [0.2, 0.25) is 5.02 Å². The third-order valence-corrected chi connectivity index (χ3v) is 3.80. The van der Waals surface area contributed by atoms with Crippen molar-refractivity contribution in [3.05, 3.63) is 51.7 Å². The summed E-state index contributed by atoms with van der Waals surface area (Å²) >= 11 is 6.18. The molecule has 0 atom stereocenters. The van der Waals surface area contributed by atoms with Crippen LogP contribution in [0.15, 0.2) is 24.3 Å². The number of hydrogen-bond acceptors (Lipinski definition) is 3. The van der Waals surface area contributed by atoms with Gasteiger partial charge in [-0.2, -0.15) is 0 Å². The van der Waals surface area contributed by atoms with Crippen LogP contribution in [0.1, 0.15) is 29.3 Å². The van der Waals surface area contributed by atoms with E-state index in [1.807, 2.05) is 39.0 Å². The van der Waals surface area contributed by atoms with Crippen molar-refractivity contribution in [2.75, 3.05) is 6.54 Å². The number of halogens is 1. The molecule has 112 valence electrons. The molecule has 0 aliphatic rings. The first-order chi connectivity index (χ1) is 9.99. The molecule has 4 heteroatoms. The van der Waals surface area contributed by atoms with Crippen molar-refractivity contribution in [1.82, 2.24) is 10.3 Å².